The van der Waals surface area contributed by atoms with Crippen molar-refractivity contribution < 1.29 is 32.2 Å². The van der Waals surface area contributed by atoms with Crippen LogP contribution in [0.25, 0.3) is 0 Å². The summed E-state index contributed by atoms with van der Waals surface area (Å²) in [6.07, 6.45) is -3.59. The zero-order valence-electron chi connectivity index (χ0n) is 14.1. The van der Waals surface area contributed by atoms with Crippen LogP contribution in [0, 0.1) is 11.3 Å². The summed E-state index contributed by atoms with van der Waals surface area (Å²) in [6, 6.07) is 5.85. The molecule has 148 valence electrons. The second-order valence-electron chi connectivity index (χ2n) is 5.13. The number of rotatable bonds is 6. The lowest BCUT2D eigenvalue weighted by molar-refractivity contribution is -0.154. The third-order valence-electron chi connectivity index (χ3n) is 3.05. The van der Waals surface area contributed by atoms with E-state index in [4.69, 9.17) is 26.3 Å². The molecule has 2 rings (SSSR count). The van der Waals surface area contributed by atoms with Gasteiger partial charge in [-0.05, 0) is 35.0 Å². The zero-order valence-corrected chi connectivity index (χ0v) is 16.5. The number of esters is 1. The zero-order chi connectivity index (χ0) is 20.9. The van der Waals surface area contributed by atoms with Gasteiger partial charge >= 0.3 is 12.1 Å². The normalized spacial score (nSPS) is 10.9. The molecule has 0 saturated heterocycles. The average molecular weight is 480 g/mol. The summed E-state index contributed by atoms with van der Waals surface area (Å²) in [5.41, 5.74) is 0.161. The minimum Gasteiger partial charge on any atom is -0.490 e. The predicted octanol–water partition coefficient (Wildman–Crippen LogP) is 4.93. The highest BCUT2D eigenvalue weighted by atomic mass is 79.9. The van der Waals surface area contributed by atoms with Gasteiger partial charge in [-0.15, -0.1) is 0 Å². The summed E-state index contributed by atoms with van der Waals surface area (Å²) in [6.45, 7) is 0.395. The molecule has 11 heteroatoms. The van der Waals surface area contributed by atoms with E-state index in [9.17, 15) is 18.0 Å². The van der Waals surface area contributed by atoms with Crippen LogP contribution in [-0.2, 0) is 0 Å². The second kappa shape index (κ2) is 9.12. The molecule has 0 bridgehead atoms. The number of aromatic nitrogens is 1. The molecular weight excluding hydrogens is 469 g/mol. The first kappa shape index (κ1) is 21.8. The van der Waals surface area contributed by atoms with E-state index in [-0.39, 0.29) is 34.3 Å². The summed E-state index contributed by atoms with van der Waals surface area (Å²) < 4.78 is 52.1. The van der Waals surface area contributed by atoms with Crippen LogP contribution in [0.3, 0.4) is 0 Å². The van der Waals surface area contributed by atoms with Crippen LogP contribution in [0.4, 0.5) is 13.2 Å². The first-order chi connectivity index (χ1) is 13.1. The molecule has 0 saturated carbocycles. The number of alkyl halides is 3. The molecular formula is C17H11BrClF3N2O4. The van der Waals surface area contributed by atoms with Crippen molar-refractivity contribution in [2.45, 2.75) is 13.1 Å². The van der Waals surface area contributed by atoms with E-state index in [1.165, 1.54) is 12.1 Å². The van der Waals surface area contributed by atoms with E-state index in [1.807, 2.05) is 6.07 Å². The van der Waals surface area contributed by atoms with Gasteiger partial charge in [0.1, 0.15) is 5.02 Å². The Bertz CT molecular complexity index is 932. The molecule has 0 aliphatic rings. The predicted molar refractivity (Wildman–Crippen MR) is 95.8 cm³/mol. The molecule has 0 unspecified atom stereocenters. The Balaban J connectivity index is 2.24. The molecule has 0 aliphatic heterocycles. The lowest BCUT2D eigenvalue weighted by atomic mass is 10.2. The maximum atomic E-state index is 12.4. The summed E-state index contributed by atoms with van der Waals surface area (Å²) in [7, 11) is 0. The highest BCUT2D eigenvalue weighted by molar-refractivity contribution is 9.10. The number of ether oxygens (including phenoxy) is 3. The third kappa shape index (κ3) is 5.74. The minimum atomic E-state index is -4.56. The van der Waals surface area contributed by atoms with E-state index < -0.39 is 24.6 Å². The van der Waals surface area contributed by atoms with Crippen molar-refractivity contribution >= 4 is 33.5 Å². The van der Waals surface area contributed by atoms with Crippen LogP contribution in [0.15, 0.2) is 28.9 Å². The van der Waals surface area contributed by atoms with Gasteiger partial charge in [0, 0.05) is 12.3 Å². The lowest BCUT2D eigenvalue weighted by Crippen LogP contribution is -2.20. The number of carbonyl (C=O) groups is 1. The molecule has 1 heterocycles. The van der Waals surface area contributed by atoms with Crippen LogP contribution in [0.1, 0.15) is 22.8 Å². The SMILES string of the molecule is CCOc1cc(C#N)cc(Br)c1OC(=O)c1cnc(OCC(F)(F)F)c(Cl)c1. The van der Waals surface area contributed by atoms with Gasteiger partial charge in [-0.25, -0.2) is 9.78 Å². The van der Waals surface area contributed by atoms with Gasteiger partial charge in [0.25, 0.3) is 0 Å². The fourth-order valence-electron chi connectivity index (χ4n) is 1.94. The molecule has 0 N–H and O–H groups in total. The average Bonchev–Trinajstić information content (AvgIpc) is 2.62. The number of carbonyl (C=O) groups excluding carboxylic acids is 1. The van der Waals surface area contributed by atoms with Gasteiger partial charge in [0.15, 0.2) is 18.1 Å². The summed E-state index contributed by atoms with van der Waals surface area (Å²) >= 11 is 9.02. The molecule has 0 amide bonds. The molecule has 6 nitrogen and oxygen atoms in total. The van der Waals surface area contributed by atoms with E-state index >= 15 is 0 Å². The smallest absolute Gasteiger partial charge is 0.422 e. The van der Waals surface area contributed by atoms with Gasteiger partial charge in [-0.3, -0.25) is 0 Å². The number of halogens is 5. The first-order valence-electron chi connectivity index (χ1n) is 7.58. The van der Waals surface area contributed by atoms with Crippen molar-refractivity contribution in [2.24, 2.45) is 0 Å². The van der Waals surface area contributed by atoms with Gasteiger partial charge in [0.2, 0.25) is 5.88 Å². The van der Waals surface area contributed by atoms with E-state index in [1.54, 1.807) is 6.92 Å². The lowest BCUT2D eigenvalue weighted by Gasteiger charge is -2.13. The molecule has 28 heavy (non-hydrogen) atoms. The number of nitrogens with zero attached hydrogens (tertiary/aromatic N) is 2. The summed E-state index contributed by atoms with van der Waals surface area (Å²) in [5, 5.41) is 8.73. The molecule has 0 atom stereocenters. The molecule has 0 spiro atoms. The van der Waals surface area contributed by atoms with E-state index in [2.05, 4.69) is 25.7 Å². The van der Waals surface area contributed by atoms with Crippen molar-refractivity contribution in [3.63, 3.8) is 0 Å². The second-order valence-corrected chi connectivity index (χ2v) is 6.40. The number of benzene rings is 1. The number of hydrogen-bond donors (Lipinski definition) is 0. The quantitative estimate of drug-likeness (QED) is 0.432. The Hall–Kier alpha value is -2.51. The van der Waals surface area contributed by atoms with Crippen LogP contribution < -0.4 is 14.2 Å². The Morgan fingerprint density at radius 2 is 2.04 bits per heavy atom. The van der Waals surface area contributed by atoms with Crippen LogP contribution in [0.2, 0.25) is 5.02 Å². The number of nitriles is 1. The monoisotopic (exact) mass is 478 g/mol. The van der Waals surface area contributed by atoms with Crippen molar-refractivity contribution in [1.82, 2.24) is 4.98 Å². The Labute approximate surface area is 170 Å². The van der Waals surface area contributed by atoms with E-state index in [0.29, 0.717) is 4.47 Å². The molecule has 0 fully saturated rings. The molecule has 2 aromatic rings. The van der Waals surface area contributed by atoms with E-state index in [0.717, 1.165) is 12.3 Å². The van der Waals surface area contributed by atoms with Gasteiger partial charge in [-0.1, -0.05) is 11.6 Å². The summed E-state index contributed by atoms with van der Waals surface area (Å²) in [4.78, 5) is 16.0. The molecule has 0 radical (unpaired) electrons. The number of hydrogen-bond acceptors (Lipinski definition) is 6. The van der Waals surface area contributed by atoms with Crippen molar-refractivity contribution in [3.05, 3.63) is 45.0 Å². The van der Waals surface area contributed by atoms with Crippen LogP contribution >= 0.6 is 27.5 Å². The highest BCUT2D eigenvalue weighted by Gasteiger charge is 2.29. The Morgan fingerprint density at radius 3 is 2.61 bits per heavy atom. The fraction of sp³-hybridized carbons (Fsp3) is 0.235. The topological polar surface area (TPSA) is 81.4 Å². The maximum absolute atomic E-state index is 12.4. The molecule has 1 aromatic heterocycles. The molecule has 1 aromatic carbocycles. The third-order valence-corrected chi connectivity index (χ3v) is 3.91. The van der Waals surface area contributed by atoms with Crippen LogP contribution in [0.5, 0.6) is 17.4 Å². The summed E-state index contributed by atoms with van der Waals surface area (Å²) in [5.74, 6) is -1.17. The first-order valence-corrected chi connectivity index (χ1v) is 8.75. The fourth-order valence-corrected chi connectivity index (χ4v) is 2.68. The highest BCUT2D eigenvalue weighted by Crippen LogP contribution is 2.37. The standard InChI is InChI=1S/C17H11BrClF3N2O4/c1-2-26-13-4-9(6-23)3-11(18)14(13)28-16(25)10-5-12(19)15(24-7-10)27-8-17(20,21)22/h3-5,7H,2,8H2,1H3. The largest absolute Gasteiger partial charge is 0.490 e. The van der Waals surface area contributed by atoms with Crippen molar-refractivity contribution in [1.29, 1.82) is 5.26 Å². The van der Waals surface area contributed by atoms with Gasteiger partial charge in [0.05, 0.1) is 28.3 Å². The van der Waals surface area contributed by atoms with Gasteiger partial charge in [-0.2, -0.15) is 18.4 Å². The molecule has 0 aliphatic carbocycles. The van der Waals surface area contributed by atoms with Crippen molar-refractivity contribution in [3.8, 4) is 23.4 Å². The van der Waals surface area contributed by atoms with Gasteiger partial charge < -0.3 is 14.2 Å². The Kier molecular flexibility index (Phi) is 7.10. The maximum Gasteiger partial charge on any atom is 0.422 e. The van der Waals surface area contributed by atoms with Crippen molar-refractivity contribution in [2.75, 3.05) is 13.2 Å². The number of pyridine rings is 1. The van der Waals surface area contributed by atoms with Crippen LogP contribution in [-0.4, -0.2) is 30.3 Å². The minimum absolute atomic E-state index is 0.0272. The Morgan fingerprint density at radius 1 is 1.32 bits per heavy atom.